The van der Waals surface area contributed by atoms with Gasteiger partial charge in [-0.3, -0.25) is 14.6 Å². The number of ketones is 1. The fourth-order valence-electron chi connectivity index (χ4n) is 9.18. The first-order chi connectivity index (χ1) is 33.4. The molecule has 0 aromatic rings. The zero-order chi connectivity index (χ0) is 53.5. The number of oxime groups is 1. The second kappa shape index (κ2) is 36.7. The van der Waals surface area contributed by atoms with Gasteiger partial charge in [0.15, 0.2) is 12.1 Å². The molecule has 70 heavy (non-hydrogen) atoms. The van der Waals surface area contributed by atoms with E-state index in [0.717, 1.165) is 45.3 Å². The zero-order valence-electron chi connectivity index (χ0n) is 47.3. The van der Waals surface area contributed by atoms with Crippen molar-refractivity contribution >= 4 is 17.5 Å². The van der Waals surface area contributed by atoms with E-state index in [0.29, 0.717) is 25.1 Å². The fraction of sp³-hybridized carbons (Fsp3) is 0.800. The summed E-state index contributed by atoms with van der Waals surface area (Å²) in [6, 6.07) is 0.237. The van der Waals surface area contributed by atoms with E-state index in [2.05, 4.69) is 63.5 Å². The van der Waals surface area contributed by atoms with E-state index in [1.165, 1.54) is 26.7 Å². The van der Waals surface area contributed by atoms with Crippen LogP contribution in [0.25, 0.3) is 0 Å². The smallest absolute Gasteiger partial charge is 0.316 e. The van der Waals surface area contributed by atoms with Gasteiger partial charge in [-0.2, -0.15) is 0 Å². The normalized spacial score (nSPS) is 33.8. The Morgan fingerprint density at radius 3 is 2.21 bits per heavy atom. The summed E-state index contributed by atoms with van der Waals surface area (Å²) in [6.45, 7) is 33.9. The third kappa shape index (κ3) is 21.9. The van der Waals surface area contributed by atoms with Gasteiger partial charge in [0.25, 0.3) is 0 Å². The molecule has 4 aliphatic rings. The Morgan fingerprint density at radius 2 is 1.64 bits per heavy atom. The molecule has 4 heterocycles. The number of unbranched alkanes of at least 4 members (excludes halogenated alkanes) is 2. The topological polar surface area (TPSA) is 176 Å². The van der Waals surface area contributed by atoms with Crippen LogP contribution in [0.3, 0.4) is 0 Å². The highest BCUT2D eigenvalue weighted by molar-refractivity contribution is 6.00. The van der Waals surface area contributed by atoms with Gasteiger partial charge in [0.2, 0.25) is 0 Å². The summed E-state index contributed by atoms with van der Waals surface area (Å²) in [5.74, 6) is -4.09. The lowest BCUT2D eigenvalue weighted by atomic mass is 9.74. The van der Waals surface area contributed by atoms with Crippen LogP contribution in [0.15, 0.2) is 54.0 Å². The second-order valence-electron chi connectivity index (χ2n) is 18.6. The number of rotatable bonds is 15. The van der Waals surface area contributed by atoms with Crippen LogP contribution in [0.4, 0.5) is 0 Å². The minimum Gasteiger partial charge on any atom is -0.459 e. The first kappa shape index (κ1) is 66.9. The van der Waals surface area contributed by atoms with E-state index in [4.69, 9.17) is 23.8 Å². The highest BCUT2D eigenvalue weighted by Crippen LogP contribution is 2.38. The number of esters is 1. The van der Waals surface area contributed by atoms with Gasteiger partial charge in [-0.15, -0.1) is 5.53 Å². The van der Waals surface area contributed by atoms with E-state index in [9.17, 15) is 19.8 Å². The number of hydrogen-bond acceptors (Lipinski definition) is 15. The lowest BCUT2D eigenvalue weighted by molar-refractivity contribution is -0.262. The maximum Gasteiger partial charge on any atom is 0.316 e. The predicted octanol–water partition coefficient (Wildman–Crippen LogP) is 9.42. The summed E-state index contributed by atoms with van der Waals surface area (Å²) in [4.78, 5) is 36.0. The molecule has 6 unspecified atom stereocenters. The van der Waals surface area contributed by atoms with Crippen LogP contribution in [0, 0.1) is 23.7 Å². The molecule has 0 amide bonds. The molecule has 4 rings (SSSR count). The Bertz CT molecular complexity index is 1550. The first-order valence-corrected chi connectivity index (χ1v) is 27.0. The average molecular weight is 993 g/mol. The molecule has 0 bridgehead atoms. The summed E-state index contributed by atoms with van der Waals surface area (Å²) in [5, 5.41) is 33.5. The van der Waals surface area contributed by atoms with E-state index in [1.807, 2.05) is 99.9 Å². The molecule has 0 spiro atoms. The molecule has 0 aliphatic carbocycles. The van der Waals surface area contributed by atoms with Crippen molar-refractivity contribution in [2.45, 2.75) is 223 Å². The Morgan fingerprint density at radius 1 is 0.971 bits per heavy atom. The summed E-state index contributed by atoms with van der Waals surface area (Å²) >= 11 is 0. The minimum absolute atomic E-state index is 0.0554. The summed E-state index contributed by atoms with van der Waals surface area (Å²) in [5.41, 5.74) is 3.56. The maximum atomic E-state index is 14.1. The summed E-state index contributed by atoms with van der Waals surface area (Å²) in [7, 11) is 3.68. The lowest BCUT2D eigenvalue weighted by Gasteiger charge is -2.46. The summed E-state index contributed by atoms with van der Waals surface area (Å²) < 4.78 is 25.2. The Labute approximate surface area is 426 Å². The number of nitrogens with one attached hydrogen (secondary N) is 3. The van der Waals surface area contributed by atoms with Crippen molar-refractivity contribution in [3.8, 4) is 0 Å². The van der Waals surface area contributed by atoms with Crippen LogP contribution in [0.1, 0.15) is 169 Å². The van der Waals surface area contributed by atoms with Gasteiger partial charge < -0.3 is 49.6 Å². The molecule has 0 aromatic heterocycles. The molecule has 3 saturated heterocycles. The largest absolute Gasteiger partial charge is 0.459 e. The zero-order valence-corrected chi connectivity index (χ0v) is 47.3. The van der Waals surface area contributed by atoms with E-state index >= 15 is 0 Å². The highest BCUT2D eigenvalue weighted by atomic mass is 16.7. The third-order valence-corrected chi connectivity index (χ3v) is 13.4. The van der Waals surface area contributed by atoms with Crippen molar-refractivity contribution in [3.05, 3.63) is 48.9 Å². The Balaban J connectivity index is 0.00000180. The van der Waals surface area contributed by atoms with Gasteiger partial charge in [0, 0.05) is 62.8 Å². The SMILES string of the molecule is CC.CC.CC.CC[C@H]1OC(=O)C(C)C(=O)[C@H](C)[C@@H](OC2CC(N(C)CC)CC(C)O2)[C@](C)(OC)C[C@@H](C)/C(=N\O[C@@H]2CCCNC2)C(C)C(O)[C@]1(C)O.C\C=C/C=C\C=C\CCCCN1C=CNN1. The highest BCUT2D eigenvalue weighted by Gasteiger charge is 2.51. The first-order valence-electron chi connectivity index (χ1n) is 27.0. The third-order valence-electron chi connectivity index (χ3n) is 13.4. The number of aliphatic hydroxyl groups excluding tert-OH is 1. The lowest BCUT2D eigenvalue weighted by Crippen LogP contribution is -2.58. The van der Waals surface area contributed by atoms with Gasteiger partial charge in [-0.25, -0.2) is 0 Å². The number of carbonyl (C=O) groups is 2. The number of hydrogen-bond donors (Lipinski definition) is 5. The molecular formula is C55H104N6O9. The number of Topliss-reactive ketones (excluding diaryl/α,β-unsaturated/α-hetero) is 1. The molecule has 0 saturated carbocycles. The van der Waals surface area contributed by atoms with Gasteiger partial charge in [-0.1, -0.05) is 118 Å². The standard InChI is InChI=1S/C36H65N3O9.C13H21N3.3C2H6/c1-12-28-36(9,43)32(41)23(5)30(38-48-27-15-14-16-37-20-27)21(3)19-35(8,44-11)33(24(6)31(40)25(7)34(42)46-28)47-29-18-26(39(10)13-2)17-22(4)45-29;1-2-3-4-5-6-7-8-9-10-12-16-13-11-14-15-16;3*1-2/h21-29,32-33,37,41,43H,12-20H2,1-11H3;2-7,11,13-15H,8-10,12H2,1H3;3*1-2H3/b38-30+;3-2-,5-4-,7-6+;;;/t21-,22?,23?,24+,25?,26?,27-,28-,29?,32?,33-,35-,36-;;;;/m1..../s1. The van der Waals surface area contributed by atoms with E-state index < -0.39 is 59.5 Å². The second-order valence-corrected chi connectivity index (χ2v) is 18.6. The monoisotopic (exact) mass is 993 g/mol. The number of aliphatic hydroxyl groups is 2. The number of hydrazine groups is 2. The molecule has 3 fully saturated rings. The average Bonchev–Trinajstić information content (AvgIpc) is 3.91. The van der Waals surface area contributed by atoms with Crippen molar-refractivity contribution in [1.29, 1.82) is 0 Å². The fourth-order valence-corrected chi connectivity index (χ4v) is 9.18. The minimum atomic E-state index is -1.84. The number of allylic oxidation sites excluding steroid dienone is 6. The molecule has 15 nitrogen and oxygen atoms in total. The van der Waals surface area contributed by atoms with Crippen molar-refractivity contribution in [2.75, 3.05) is 40.3 Å². The van der Waals surface area contributed by atoms with Crippen LogP contribution in [-0.2, 0) is 33.4 Å². The van der Waals surface area contributed by atoms with Gasteiger partial charge in [0.05, 0.1) is 29.6 Å². The van der Waals surface area contributed by atoms with Crippen molar-refractivity contribution in [2.24, 2.45) is 28.8 Å². The number of nitrogens with zero attached hydrogens (tertiary/aromatic N) is 3. The number of ether oxygens (including phenoxy) is 4. The van der Waals surface area contributed by atoms with Crippen LogP contribution >= 0.6 is 0 Å². The maximum absolute atomic E-state index is 14.1. The molecule has 0 aromatic carbocycles. The van der Waals surface area contributed by atoms with Crippen LogP contribution in [0.2, 0.25) is 0 Å². The number of piperidine rings is 1. The van der Waals surface area contributed by atoms with Crippen LogP contribution < -0.4 is 16.3 Å². The van der Waals surface area contributed by atoms with Gasteiger partial charge in [0.1, 0.15) is 23.7 Å². The molecular weight excluding hydrogens is 889 g/mol. The van der Waals surface area contributed by atoms with Gasteiger partial charge in [-0.05, 0) is 106 Å². The van der Waals surface area contributed by atoms with E-state index in [1.54, 1.807) is 27.9 Å². The van der Waals surface area contributed by atoms with Crippen molar-refractivity contribution in [3.63, 3.8) is 0 Å². The Hall–Kier alpha value is -3.15. The number of carbonyl (C=O) groups excluding carboxylic acids is 2. The molecule has 408 valence electrons. The predicted molar refractivity (Wildman–Crippen MR) is 287 cm³/mol. The molecule has 5 N–H and O–H groups in total. The van der Waals surface area contributed by atoms with Crippen LogP contribution in [0.5, 0.6) is 0 Å². The van der Waals surface area contributed by atoms with E-state index in [-0.39, 0.29) is 36.4 Å². The molecule has 15 heteroatoms. The quantitative estimate of drug-likeness (QED) is 0.0345. The molecule has 13 atom stereocenters. The van der Waals surface area contributed by atoms with Crippen molar-refractivity contribution in [1.82, 2.24) is 26.2 Å². The number of cyclic esters (lactones) is 1. The molecule has 0 radical (unpaired) electrons. The number of methoxy groups -OCH3 is 1. The molecule has 4 aliphatic heterocycles. The van der Waals surface area contributed by atoms with Gasteiger partial charge >= 0.3 is 5.97 Å². The van der Waals surface area contributed by atoms with Crippen molar-refractivity contribution < 1.29 is 43.6 Å². The Kier molecular flexibility index (Phi) is 35.1. The summed E-state index contributed by atoms with van der Waals surface area (Å²) in [6.07, 6.45) is 19.8. The van der Waals surface area contributed by atoms with Crippen LogP contribution in [-0.4, -0.2) is 132 Å².